The number of thiophene rings is 1. The van der Waals surface area contributed by atoms with Crippen LogP contribution in [0, 0.1) is 6.92 Å². The molecule has 0 aliphatic heterocycles. The number of benzene rings is 1. The van der Waals surface area contributed by atoms with E-state index < -0.39 is 6.09 Å². The van der Waals surface area contributed by atoms with Gasteiger partial charge in [0.05, 0.1) is 24.0 Å². The van der Waals surface area contributed by atoms with Gasteiger partial charge in [-0.3, -0.25) is 10.1 Å². The minimum atomic E-state index is -0.608. The van der Waals surface area contributed by atoms with Gasteiger partial charge >= 0.3 is 6.09 Å². The van der Waals surface area contributed by atoms with Crippen molar-refractivity contribution >= 4 is 44.9 Å². The molecule has 2 heterocycles. The van der Waals surface area contributed by atoms with Crippen molar-refractivity contribution in [1.82, 2.24) is 9.97 Å². The Kier molecular flexibility index (Phi) is 7.92. The van der Waals surface area contributed by atoms with E-state index >= 15 is 0 Å². The van der Waals surface area contributed by atoms with Gasteiger partial charge in [0.25, 0.3) is 5.91 Å². The Morgan fingerprint density at radius 2 is 1.78 bits per heavy atom. The van der Waals surface area contributed by atoms with Gasteiger partial charge in [-0.2, -0.15) is 4.98 Å². The molecule has 0 aliphatic rings. The SMILES string of the molecule is COCCOC(=O)Nc1cccc(NC(=O)c2sc3nc(COC)nc(OC)c3c2C)c1. The number of aryl methyl sites for hydroxylation is 1. The zero-order chi connectivity index (χ0) is 23.1. The van der Waals surface area contributed by atoms with E-state index in [9.17, 15) is 9.59 Å². The third-order valence-corrected chi connectivity index (χ3v) is 5.55. The highest BCUT2D eigenvalue weighted by atomic mass is 32.1. The first-order chi connectivity index (χ1) is 15.5. The van der Waals surface area contributed by atoms with E-state index in [1.54, 1.807) is 31.4 Å². The van der Waals surface area contributed by atoms with Gasteiger partial charge in [-0.25, -0.2) is 9.78 Å². The number of anilines is 2. The van der Waals surface area contributed by atoms with Crippen LogP contribution in [0.5, 0.6) is 5.88 Å². The summed E-state index contributed by atoms with van der Waals surface area (Å²) in [5, 5.41) is 6.15. The minimum Gasteiger partial charge on any atom is -0.480 e. The third-order valence-electron chi connectivity index (χ3n) is 4.36. The first-order valence-corrected chi connectivity index (χ1v) is 10.5. The fourth-order valence-corrected chi connectivity index (χ4v) is 4.02. The second-order valence-electron chi connectivity index (χ2n) is 6.61. The molecule has 2 aromatic heterocycles. The second-order valence-corrected chi connectivity index (χ2v) is 7.61. The number of nitrogens with one attached hydrogen (secondary N) is 2. The van der Waals surface area contributed by atoms with E-state index in [2.05, 4.69) is 20.6 Å². The maximum Gasteiger partial charge on any atom is 0.411 e. The molecule has 2 amide bonds. The van der Waals surface area contributed by atoms with E-state index in [0.717, 1.165) is 5.56 Å². The average molecular weight is 461 g/mol. The van der Waals surface area contributed by atoms with Crippen molar-refractivity contribution in [2.24, 2.45) is 0 Å². The highest BCUT2D eigenvalue weighted by Gasteiger charge is 2.21. The summed E-state index contributed by atoms with van der Waals surface area (Å²) in [6, 6.07) is 6.76. The summed E-state index contributed by atoms with van der Waals surface area (Å²) in [5.41, 5.74) is 1.72. The fraction of sp³-hybridized carbons (Fsp3) is 0.333. The molecular weight excluding hydrogens is 436 g/mol. The molecular formula is C21H24N4O6S. The van der Waals surface area contributed by atoms with E-state index in [-0.39, 0.29) is 19.1 Å². The van der Waals surface area contributed by atoms with Crippen molar-refractivity contribution in [2.45, 2.75) is 13.5 Å². The number of fused-ring (bicyclic) bond motifs is 1. The summed E-state index contributed by atoms with van der Waals surface area (Å²) in [6.45, 7) is 2.50. The van der Waals surface area contributed by atoms with Crippen LogP contribution in [0.3, 0.4) is 0 Å². The topological polar surface area (TPSA) is 121 Å². The monoisotopic (exact) mass is 460 g/mol. The van der Waals surface area contributed by atoms with Gasteiger partial charge in [0.2, 0.25) is 5.88 Å². The predicted molar refractivity (Wildman–Crippen MR) is 121 cm³/mol. The molecule has 0 fully saturated rings. The minimum absolute atomic E-state index is 0.141. The molecule has 1 aromatic carbocycles. The van der Waals surface area contributed by atoms with E-state index in [1.165, 1.54) is 25.6 Å². The largest absolute Gasteiger partial charge is 0.480 e. The Bertz CT molecular complexity index is 1120. The lowest BCUT2D eigenvalue weighted by atomic mass is 10.2. The zero-order valence-corrected chi connectivity index (χ0v) is 19.0. The van der Waals surface area contributed by atoms with Crippen molar-refractivity contribution in [3.05, 3.63) is 40.5 Å². The number of methoxy groups -OCH3 is 3. The van der Waals surface area contributed by atoms with Crippen LogP contribution in [0.2, 0.25) is 0 Å². The second kappa shape index (κ2) is 10.8. The molecule has 11 heteroatoms. The van der Waals surface area contributed by atoms with Crippen molar-refractivity contribution in [3.8, 4) is 5.88 Å². The molecule has 2 N–H and O–H groups in total. The van der Waals surface area contributed by atoms with Gasteiger partial charge in [0.15, 0.2) is 5.82 Å². The lowest BCUT2D eigenvalue weighted by molar-refractivity contribution is 0.103. The van der Waals surface area contributed by atoms with Gasteiger partial charge in [-0.15, -0.1) is 11.3 Å². The number of rotatable bonds is 9. The molecule has 0 radical (unpaired) electrons. The number of nitrogens with zero attached hydrogens (tertiary/aromatic N) is 2. The van der Waals surface area contributed by atoms with Crippen LogP contribution in [-0.4, -0.2) is 56.5 Å². The summed E-state index contributed by atoms with van der Waals surface area (Å²) in [5.74, 6) is 0.565. The van der Waals surface area contributed by atoms with Crippen LogP contribution in [0.25, 0.3) is 10.2 Å². The molecule has 0 atom stereocenters. The summed E-state index contributed by atoms with van der Waals surface area (Å²) in [7, 11) is 4.60. The molecule has 0 saturated heterocycles. The highest BCUT2D eigenvalue weighted by Crippen LogP contribution is 2.35. The number of carbonyl (C=O) groups excluding carboxylic acids is 2. The number of ether oxygens (including phenoxy) is 4. The summed E-state index contributed by atoms with van der Waals surface area (Å²) < 4.78 is 20.3. The number of carbonyl (C=O) groups is 2. The Hall–Kier alpha value is -3.28. The van der Waals surface area contributed by atoms with Crippen molar-refractivity contribution in [1.29, 1.82) is 0 Å². The summed E-state index contributed by atoms with van der Waals surface area (Å²) in [6.07, 6.45) is -0.608. The molecule has 10 nitrogen and oxygen atoms in total. The molecule has 0 aliphatic carbocycles. The average Bonchev–Trinajstić information content (AvgIpc) is 3.10. The van der Waals surface area contributed by atoms with Crippen LogP contribution in [0.4, 0.5) is 16.2 Å². The molecule has 32 heavy (non-hydrogen) atoms. The van der Waals surface area contributed by atoms with Gasteiger partial charge in [-0.05, 0) is 30.7 Å². The number of amides is 2. The third kappa shape index (κ3) is 5.49. The normalized spacial score (nSPS) is 10.8. The van der Waals surface area contributed by atoms with Gasteiger partial charge < -0.3 is 24.3 Å². The molecule has 3 aromatic rings. The lowest BCUT2D eigenvalue weighted by Crippen LogP contribution is -2.16. The maximum atomic E-state index is 13.0. The molecule has 0 unspecified atom stereocenters. The van der Waals surface area contributed by atoms with Crippen molar-refractivity contribution in [3.63, 3.8) is 0 Å². The Morgan fingerprint density at radius 1 is 1.03 bits per heavy atom. The smallest absolute Gasteiger partial charge is 0.411 e. The number of hydrogen-bond acceptors (Lipinski definition) is 9. The van der Waals surface area contributed by atoms with Gasteiger partial charge in [0, 0.05) is 25.6 Å². The van der Waals surface area contributed by atoms with Gasteiger partial charge in [0.1, 0.15) is 18.0 Å². The fourth-order valence-electron chi connectivity index (χ4n) is 2.94. The standard InChI is InChI=1S/C21H24N4O6S/c1-12-16-19(30-4)24-15(11-29-3)25-20(16)32-17(12)18(26)22-13-6-5-7-14(10-13)23-21(27)31-9-8-28-2/h5-7,10H,8-9,11H2,1-4H3,(H,22,26)(H,23,27). The molecule has 0 bridgehead atoms. The number of aromatic nitrogens is 2. The van der Waals surface area contributed by atoms with Crippen LogP contribution in [-0.2, 0) is 20.8 Å². The first kappa shape index (κ1) is 23.4. The predicted octanol–water partition coefficient (Wildman–Crippen LogP) is 3.60. The Labute approximate surface area is 188 Å². The van der Waals surface area contributed by atoms with E-state index in [4.69, 9.17) is 18.9 Å². The van der Waals surface area contributed by atoms with Crippen molar-refractivity contribution in [2.75, 3.05) is 45.2 Å². The molecule has 170 valence electrons. The molecule has 3 rings (SSSR count). The Morgan fingerprint density at radius 3 is 2.47 bits per heavy atom. The van der Waals surface area contributed by atoms with Gasteiger partial charge in [-0.1, -0.05) is 6.07 Å². The van der Waals surface area contributed by atoms with Crippen LogP contribution in [0.15, 0.2) is 24.3 Å². The van der Waals surface area contributed by atoms with Crippen LogP contribution in [0.1, 0.15) is 21.1 Å². The van der Waals surface area contributed by atoms with Crippen LogP contribution < -0.4 is 15.4 Å². The highest BCUT2D eigenvalue weighted by molar-refractivity contribution is 7.20. The van der Waals surface area contributed by atoms with E-state index in [1.807, 2.05) is 6.92 Å². The van der Waals surface area contributed by atoms with E-state index in [0.29, 0.717) is 44.8 Å². The molecule has 0 saturated carbocycles. The Balaban J connectivity index is 1.78. The quantitative estimate of drug-likeness (QED) is 0.465. The van der Waals surface area contributed by atoms with Crippen molar-refractivity contribution < 1.29 is 28.5 Å². The number of hydrogen-bond donors (Lipinski definition) is 2. The first-order valence-electron chi connectivity index (χ1n) is 9.63. The zero-order valence-electron chi connectivity index (χ0n) is 18.2. The summed E-state index contributed by atoms with van der Waals surface area (Å²) >= 11 is 1.25. The maximum absolute atomic E-state index is 13.0. The lowest BCUT2D eigenvalue weighted by Gasteiger charge is -2.09. The van der Waals surface area contributed by atoms with Crippen LogP contribution >= 0.6 is 11.3 Å². The molecule has 0 spiro atoms. The summed E-state index contributed by atoms with van der Waals surface area (Å²) in [4.78, 5) is 34.7.